The average Bonchev–Trinajstić information content (AvgIpc) is 2.38. The fourth-order valence-corrected chi connectivity index (χ4v) is 1.98. The normalized spacial score (nSPS) is 10.0. The van der Waals surface area contributed by atoms with Crippen LogP contribution < -0.4 is 5.11 Å². The van der Waals surface area contributed by atoms with E-state index >= 15 is 0 Å². The van der Waals surface area contributed by atoms with E-state index < -0.39 is 0 Å². The van der Waals surface area contributed by atoms with Crippen LogP contribution in [0.2, 0.25) is 0 Å². The van der Waals surface area contributed by atoms with Gasteiger partial charge in [-0.25, -0.2) is 5.26 Å². The second-order valence-corrected chi connectivity index (χ2v) is 4.03. The van der Waals surface area contributed by atoms with Crippen molar-refractivity contribution in [2.24, 2.45) is 0 Å². The van der Waals surface area contributed by atoms with E-state index in [1.165, 1.54) is 36.2 Å². The van der Waals surface area contributed by atoms with Crippen molar-refractivity contribution >= 4 is 0 Å². The average molecular weight is 234 g/mol. The highest BCUT2D eigenvalue weighted by atomic mass is 16.2. The van der Waals surface area contributed by atoms with E-state index in [4.69, 9.17) is 10.4 Å². The largest absolute Gasteiger partial charge is 0.812 e. The topological polar surface area (TPSA) is 46.8 Å². The summed E-state index contributed by atoms with van der Waals surface area (Å²) in [5, 5.41) is 15.0. The fourth-order valence-electron chi connectivity index (χ4n) is 1.98. The van der Waals surface area contributed by atoms with Crippen LogP contribution in [0.15, 0.2) is 30.3 Å². The Morgan fingerprint density at radius 2 is 1.47 bits per heavy atom. The van der Waals surface area contributed by atoms with Crippen molar-refractivity contribution in [3.05, 3.63) is 35.9 Å². The zero-order valence-electron chi connectivity index (χ0n) is 11.0. The minimum absolute atomic E-state index is 0.500. The highest BCUT2D eigenvalue weighted by Crippen LogP contribution is 2.13. The monoisotopic (exact) mass is 234 g/mol. The number of hydrogen-bond donors (Lipinski definition) is 0. The number of hydrogen-bond acceptors (Lipinski definition) is 2. The molecule has 3 heteroatoms. The van der Waals surface area contributed by atoms with Gasteiger partial charge in [0, 0.05) is 11.8 Å². The molecule has 0 saturated heterocycles. The zero-order valence-corrected chi connectivity index (χ0v) is 11.0. The first kappa shape index (κ1) is 15.5. The van der Waals surface area contributed by atoms with Crippen molar-refractivity contribution in [1.29, 1.82) is 5.26 Å². The van der Waals surface area contributed by atoms with Gasteiger partial charge in [-0.2, -0.15) is 0 Å². The molecular formula is C14H22N2O. The van der Waals surface area contributed by atoms with Gasteiger partial charge in [-0.3, -0.25) is 0 Å². The molecule has 1 aromatic rings. The van der Waals surface area contributed by atoms with Gasteiger partial charge in [0.05, 0.1) is 19.6 Å². The lowest BCUT2D eigenvalue weighted by Gasteiger charge is -2.35. The lowest BCUT2D eigenvalue weighted by Crippen LogP contribution is -2.46. The molecule has 0 aliphatic heterocycles. The molecule has 0 atom stereocenters. The Hall–Kier alpha value is -1.53. The number of nitriles is 1. The molecule has 0 fully saturated rings. The molecule has 0 aliphatic rings. The van der Waals surface area contributed by atoms with E-state index in [1.807, 2.05) is 0 Å². The van der Waals surface area contributed by atoms with Crippen molar-refractivity contribution in [1.82, 2.24) is 0 Å². The SMILES string of the molecule is CC[N+](CC)(CC)Cc1ccccc1.N#C[O-]. The van der Waals surface area contributed by atoms with Crippen LogP contribution in [0, 0.1) is 11.5 Å². The maximum atomic E-state index is 8.24. The summed E-state index contributed by atoms with van der Waals surface area (Å²) in [6.07, 6.45) is 0.500. The molecule has 0 radical (unpaired) electrons. The van der Waals surface area contributed by atoms with Gasteiger partial charge >= 0.3 is 0 Å². The minimum Gasteiger partial charge on any atom is -0.812 e. The van der Waals surface area contributed by atoms with Crippen LogP contribution in [-0.4, -0.2) is 24.1 Å². The third-order valence-corrected chi connectivity index (χ3v) is 3.37. The van der Waals surface area contributed by atoms with Gasteiger partial charge in [-0.15, -0.1) is 0 Å². The molecule has 0 aromatic heterocycles. The summed E-state index contributed by atoms with van der Waals surface area (Å²) in [4.78, 5) is 0. The molecule has 1 aromatic carbocycles. The molecule has 17 heavy (non-hydrogen) atoms. The van der Waals surface area contributed by atoms with Gasteiger partial charge in [0.1, 0.15) is 6.54 Å². The van der Waals surface area contributed by atoms with Gasteiger partial charge in [0.25, 0.3) is 0 Å². The Morgan fingerprint density at radius 3 is 1.82 bits per heavy atom. The quantitative estimate of drug-likeness (QED) is 0.577. The number of quaternary nitrogens is 1. The summed E-state index contributed by atoms with van der Waals surface area (Å²) in [6, 6.07) is 10.8. The molecule has 94 valence electrons. The van der Waals surface area contributed by atoms with Crippen LogP contribution in [0.25, 0.3) is 0 Å². The Kier molecular flexibility index (Phi) is 7.83. The van der Waals surface area contributed by atoms with Crippen LogP contribution in [0.1, 0.15) is 26.3 Å². The minimum atomic E-state index is 0.500. The number of nitrogens with zero attached hydrogens (tertiary/aromatic N) is 2. The molecule has 0 unspecified atom stereocenters. The van der Waals surface area contributed by atoms with Crippen LogP contribution >= 0.6 is 0 Å². The van der Waals surface area contributed by atoms with Gasteiger partial charge in [-0.1, -0.05) is 30.3 Å². The summed E-state index contributed by atoms with van der Waals surface area (Å²) in [6.45, 7) is 11.7. The Morgan fingerprint density at radius 1 is 1.06 bits per heavy atom. The fraction of sp³-hybridized carbons (Fsp3) is 0.500. The van der Waals surface area contributed by atoms with Crippen LogP contribution in [0.5, 0.6) is 0 Å². The molecule has 3 nitrogen and oxygen atoms in total. The van der Waals surface area contributed by atoms with Gasteiger partial charge in [0.15, 0.2) is 0 Å². The molecule has 0 amide bonds. The predicted molar refractivity (Wildman–Crippen MR) is 67.6 cm³/mol. The standard InChI is InChI=1S/C13H22N.CHNO/c1-4-14(5-2,6-3)12-13-10-8-7-9-11-13;2-1-3/h7-11H,4-6,12H2,1-3H3;3H/q+1;/p-1. The molecule has 0 aliphatic carbocycles. The molecule has 0 bridgehead atoms. The summed E-state index contributed by atoms with van der Waals surface area (Å²) in [5.41, 5.74) is 1.46. The molecule has 0 heterocycles. The number of rotatable bonds is 5. The molecule has 0 N–H and O–H groups in total. The highest BCUT2D eigenvalue weighted by molar-refractivity contribution is 5.13. The smallest absolute Gasteiger partial charge is 0.104 e. The van der Waals surface area contributed by atoms with E-state index in [0.29, 0.717) is 6.26 Å². The van der Waals surface area contributed by atoms with Crippen LogP contribution in [0.3, 0.4) is 0 Å². The van der Waals surface area contributed by atoms with Gasteiger partial charge in [-0.05, 0) is 20.8 Å². The van der Waals surface area contributed by atoms with Crippen molar-refractivity contribution < 1.29 is 9.59 Å². The lowest BCUT2D eigenvalue weighted by molar-refractivity contribution is -0.936. The van der Waals surface area contributed by atoms with E-state index in [0.717, 1.165) is 0 Å². The van der Waals surface area contributed by atoms with Crippen molar-refractivity contribution in [3.8, 4) is 6.26 Å². The Labute approximate surface area is 105 Å². The van der Waals surface area contributed by atoms with E-state index in [1.54, 1.807) is 0 Å². The first-order chi connectivity index (χ1) is 8.17. The third kappa shape index (κ3) is 5.37. The summed E-state index contributed by atoms with van der Waals surface area (Å²) >= 11 is 0. The molecular weight excluding hydrogens is 212 g/mol. The maximum absolute atomic E-state index is 8.24. The van der Waals surface area contributed by atoms with E-state index in [2.05, 4.69) is 51.1 Å². The Balaban J connectivity index is 0.000000770. The maximum Gasteiger partial charge on any atom is 0.104 e. The van der Waals surface area contributed by atoms with E-state index in [-0.39, 0.29) is 0 Å². The van der Waals surface area contributed by atoms with E-state index in [9.17, 15) is 0 Å². The highest BCUT2D eigenvalue weighted by Gasteiger charge is 2.20. The molecule has 0 spiro atoms. The lowest BCUT2D eigenvalue weighted by atomic mass is 10.2. The predicted octanol–water partition coefficient (Wildman–Crippen LogP) is 1.89. The van der Waals surface area contributed by atoms with Crippen molar-refractivity contribution in [2.45, 2.75) is 27.3 Å². The van der Waals surface area contributed by atoms with Crippen LogP contribution in [-0.2, 0) is 6.54 Å². The molecule has 1 rings (SSSR count). The third-order valence-electron chi connectivity index (χ3n) is 3.37. The number of benzene rings is 1. The van der Waals surface area contributed by atoms with Gasteiger partial charge < -0.3 is 9.59 Å². The summed E-state index contributed by atoms with van der Waals surface area (Å²) in [5.74, 6) is 0. The zero-order chi connectivity index (χ0) is 13.1. The summed E-state index contributed by atoms with van der Waals surface area (Å²) < 4.78 is 1.20. The van der Waals surface area contributed by atoms with Crippen molar-refractivity contribution in [3.63, 3.8) is 0 Å². The van der Waals surface area contributed by atoms with Gasteiger partial charge in [0.2, 0.25) is 0 Å². The first-order valence-corrected chi connectivity index (χ1v) is 6.08. The summed E-state index contributed by atoms with van der Waals surface area (Å²) in [7, 11) is 0. The van der Waals surface area contributed by atoms with Crippen LogP contribution in [0.4, 0.5) is 0 Å². The second-order valence-electron chi connectivity index (χ2n) is 4.03. The first-order valence-electron chi connectivity index (χ1n) is 6.08. The Bertz CT molecular complexity index is 318. The molecule has 0 saturated carbocycles. The second kappa shape index (κ2) is 8.60. The van der Waals surface area contributed by atoms with Crippen molar-refractivity contribution in [2.75, 3.05) is 19.6 Å².